The molecule has 0 bridgehead atoms. The van der Waals surface area contributed by atoms with Gasteiger partial charge in [0.2, 0.25) is 0 Å². The molecule has 106 valence electrons. The average Bonchev–Trinajstić information content (AvgIpc) is 2.44. The SMILES string of the molecule is CCOc1c(Cl)c(Cl)c2c(c1C(=O)N=O)OB(O)CO2. The number of fused-ring (bicyclic) bond motifs is 1. The second-order valence-electron chi connectivity index (χ2n) is 3.70. The normalized spacial score (nSPS) is 13.1. The van der Waals surface area contributed by atoms with Crippen LogP contribution < -0.4 is 14.1 Å². The Morgan fingerprint density at radius 2 is 2.15 bits per heavy atom. The summed E-state index contributed by atoms with van der Waals surface area (Å²) in [5.41, 5.74) is -0.329. The fourth-order valence-electron chi connectivity index (χ4n) is 1.71. The van der Waals surface area contributed by atoms with Crippen LogP contribution in [0.4, 0.5) is 0 Å². The summed E-state index contributed by atoms with van der Waals surface area (Å²) in [6.45, 7) is 1.62. The van der Waals surface area contributed by atoms with Crippen molar-refractivity contribution in [2.24, 2.45) is 5.18 Å². The summed E-state index contributed by atoms with van der Waals surface area (Å²) in [6, 6.07) is 0. The number of amides is 1. The summed E-state index contributed by atoms with van der Waals surface area (Å²) in [7, 11) is -1.31. The van der Waals surface area contributed by atoms with Gasteiger partial charge in [0.15, 0.2) is 17.2 Å². The summed E-state index contributed by atoms with van der Waals surface area (Å²) < 4.78 is 15.5. The number of halogens is 2. The second kappa shape index (κ2) is 5.86. The monoisotopic (exact) mass is 319 g/mol. The minimum Gasteiger partial charge on any atom is -0.531 e. The number of hydrogen-bond acceptors (Lipinski definition) is 6. The topological polar surface area (TPSA) is 94.4 Å². The van der Waals surface area contributed by atoms with Gasteiger partial charge in [-0.3, -0.25) is 4.79 Å². The maximum Gasteiger partial charge on any atom is 0.563 e. The maximum atomic E-state index is 11.7. The lowest BCUT2D eigenvalue weighted by molar-refractivity contribution is 0.0993. The third-order valence-corrected chi connectivity index (χ3v) is 3.28. The first-order chi connectivity index (χ1) is 9.51. The lowest BCUT2D eigenvalue weighted by atomic mass is 9.91. The lowest BCUT2D eigenvalue weighted by Crippen LogP contribution is -2.35. The van der Waals surface area contributed by atoms with Crippen LogP contribution in [0.1, 0.15) is 17.3 Å². The summed E-state index contributed by atoms with van der Waals surface area (Å²) in [5.74, 6) is -1.56. The van der Waals surface area contributed by atoms with Gasteiger partial charge < -0.3 is 19.2 Å². The van der Waals surface area contributed by atoms with E-state index in [1.807, 2.05) is 0 Å². The van der Waals surface area contributed by atoms with E-state index in [0.29, 0.717) is 0 Å². The largest absolute Gasteiger partial charge is 0.563 e. The third kappa shape index (κ3) is 2.42. The van der Waals surface area contributed by atoms with E-state index in [1.54, 1.807) is 6.92 Å². The zero-order valence-corrected chi connectivity index (χ0v) is 11.7. The molecule has 1 aliphatic heterocycles. The molecule has 0 radical (unpaired) electrons. The predicted molar refractivity (Wildman–Crippen MR) is 71.9 cm³/mol. The van der Waals surface area contributed by atoms with Gasteiger partial charge in [-0.1, -0.05) is 23.2 Å². The van der Waals surface area contributed by atoms with Crippen molar-refractivity contribution >= 4 is 36.2 Å². The Hall–Kier alpha value is -1.51. The Kier molecular flexibility index (Phi) is 4.37. The molecule has 0 spiro atoms. The zero-order chi connectivity index (χ0) is 14.9. The number of nitroso groups, excluding NO2 is 1. The molecule has 0 fully saturated rings. The summed E-state index contributed by atoms with van der Waals surface area (Å²) >= 11 is 12.0. The van der Waals surface area contributed by atoms with Crippen LogP contribution in [0.2, 0.25) is 10.0 Å². The van der Waals surface area contributed by atoms with Crippen LogP contribution in [0.25, 0.3) is 0 Å². The molecule has 0 aromatic heterocycles. The number of carbonyl (C=O) groups is 1. The standard InChI is InChI=1S/C10H8BCl2NO6/c1-2-18-7-4(10(15)14-17)8-9(6(13)5(7)12)19-3-11(16)20-8/h16H,2-3H2,1H3. The van der Waals surface area contributed by atoms with Gasteiger partial charge in [0, 0.05) is 5.18 Å². The minimum atomic E-state index is -1.31. The third-order valence-electron chi connectivity index (χ3n) is 2.46. The number of carbonyl (C=O) groups excluding carboxylic acids is 1. The van der Waals surface area contributed by atoms with Crippen molar-refractivity contribution in [2.75, 3.05) is 13.1 Å². The first kappa shape index (κ1) is 14.9. The van der Waals surface area contributed by atoms with Crippen molar-refractivity contribution in [3.8, 4) is 17.2 Å². The first-order valence-corrected chi connectivity index (χ1v) is 6.29. The molecule has 1 aliphatic rings. The van der Waals surface area contributed by atoms with Gasteiger partial charge in [0.1, 0.15) is 22.1 Å². The van der Waals surface area contributed by atoms with Crippen LogP contribution in [0, 0.1) is 4.91 Å². The van der Waals surface area contributed by atoms with E-state index < -0.39 is 13.0 Å². The Morgan fingerprint density at radius 3 is 2.75 bits per heavy atom. The summed E-state index contributed by atoms with van der Waals surface area (Å²) in [6.07, 6.45) is 0. The van der Waals surface area contributed by atoms with Crippen LogP contribution in [-0.4, -0.2) is 31.2 Å². The Bertz CT molecular complexity index is 582. The van der Waals surface area contributed by atoms with Crippen molar-refractivity contribution in [3.05, 3.63) is 20.5 Å². The predicted octanol–water partition coefficient (Wildman–Crippen LogP) is 2.09. The molecular formula is C10H8BCl2NO6. The zero-order valence-electron chi connectivity index (χ0n) is 10.2. The van der Waals surface area contributed by atoms with Crippen LogP contribution in [0.5, 0.6) is 17.2 Å². The highest BCUT2D eigenvalue weighted by atomic mass is 35.5. The first-order valence-electron chi connectivity index (χ1n) is 5.54. The number of benzene rings is 1. The van der Waals surface area contributed by atoms with Crippen molar-refractivity contribution in [2.45, 2.75) is 6.92 Å². The highest BCUT2D eigenvalue weighted by Crippen LogP contribution is 2.51. The number of rotatable bonds is 3. The summed E-state index contributed by atoms with van der Waals surface area (Å²) in [4.78, 5) is 22.2. The van der Waals surface area contributed by atoms with Crippen LogP contribution in [0.15, 0.2) is 5.18 Å². The molecular weight excluding hydrogens is 312 g/mol. The molecule has 0 unspecified atom stereocenters. The van der Waals surface area contributed by atoms with E-state index in [-0.39, 0.29) is 46.0 Å². The number of hydrogen-bond donors (Lipinski definition) is 1. The van der Waals surface area contributed by atoms with Gasteiger partial charge in [-0.05, 0) is 6.92 Å². The molecule has 1 amide bonds. The Labute approximate surface area is 123 Å². The number of ether oxygens (including phenoxy) is 2. The molecule has 2 rings (SSSR count). The van der Waals surface area contributed by atoms with Crippen molar-refractivity contribution in [1.82, 2.24) is 0 Å². The van der Waals surface area contributed by atoms with E-state index in [0.717, 1.165) is 0 Å². The Balaban J connectivity index is 2.75. The molecule has 1 aromatic rings. The van der Waals surface area contributed by atoms with Gasteiger partial charge in [-0.25, -0.2) is 0 Å². The molecule has 7 nitrogen and oxygen atoms in total. The minimum absolute atomic E-state index is 0.0422. The molecule has 10 heteroatoms. The van der Waals surface area contributed by atoms with E-state index in [1.165, 1.54) is 0 Å². The quantitative estimate of drug-likeness (QED) is 0.677. The van der Waals surface area contributed by atoms with E-state index >= 15 is 0 Å². The second-order valence-corrected chi connectivity index (χ2v) is 4.46. The molecule has 0 saturated carbocycles. The van der Waals surface area contributed by atoms with Crippen molar-refractivity contribution < 1.29 is 23.9 Å². The average molecular weight is 320 g/mol. The van der Waals surface area contributed by atoms with E-state index in [2.05, 4.69) is 5.18 Å². The Morgan fingerprint density at radius 1 is 1.45 bits per heavy atom. The fraction of sp³-hybridized carbons (Fsp3) is 0.300. The molecule has 20 heavy (non-hydrogen) atoms. The van der Waals surface area contributed by atoms with Crippen LogP contribution in [-0.2, 0) is 0 Å². The molecule has 1 aromatic carbocycles. The fourth-order valence-corrected chi connectivity index (χ4v) is 2.17. The van der Waals surface area contributed by atoms with Crippen LogP contribution >= 0.6 is 23.2 Å². The summed E-state index contributed by atoms with van der Waals surface area (Å²) in [5, 5.41) is 11.6. The smallest absolute Gasteiger partial charge is 0.531 e. The van der Waals surface area contributed by atoms with E-state index in [9.17, 15) is 14.7 Å². The highest BCUT2D eigenvalue weighted by molar-refractivity contribution is 6.47. The van der Waals surface area contributed by atoms with E-state index in [4.69, 9.17) is 37.3 Å². The van der Waals surface area contributed by atoms with Crippen molar-refractivity contribution in [3.63, 3.8) is 0 Å². The van der Waals surface area contributed by atoms with Gasteiger partial charge in [-0.2, -0.15) is 0 Å². The molecule has 1 N–H and O–H groups in total. The van der Waals surface area contributed by atoms with Gasteiger partial charge in [0.25, 0.3) is 0 Å². The van der Waals surface area contributed by atoms with Crippen LogP contribution in [0.3, 0.4) is 0 Å². The van der Waals surface area contributed by atoms with Gasteiger partial charge in [0.05, 0.1) is 6.61 Å². The molecule has 0 aliphatic carbocycles. The van der Waals surface area contributed by atoms with Crippen molar-refractivity contribution in [1.29, 1.82) is 0 Å². The molecule has 0 saturated heterocycles. The molecule has 1 heterocycles. The van der Waals surface area contributed by atoms with Gasteiger partial charge in [-0.15, -0.1) is 4.91 Å². The highest BCUT2D eigenvalue weighted by Gasteiger charge is 2.36. The lowest BCUT2D eigenvalue weighted by Gasteiger charge is -2.25. The maximum absolute atomic E-state index is 11.7. The van der Waals surface area contributed by atoms with Gasteiger partial charge >= 0.3 is 13.0 Å². The molecule has 0 atom stereocenters. The number of nitrogens with zero attached hydrogens (tertiary/aromatic N) is 1.